The van der Waals surface area contributed by atoms with Crippen LogP contribution >= 0.6 is 31.9 Å². The highest BCUT2D eigenvalue weighted by Crippen LogP contribution is 2.48. The number of nitrogens with zero attached hydrogens (tertiary/aromatic N) is 2. The number of hydrogen-bond donors (Lipinski definition) is 2. The fourth-order valence-corrected chi connectivity index (χ4v) is 7.24. The van der Waals surface area contributed by atoms with Gasteiger partial charge in [0, 0.05) is 58.3 Å². The van der Waals surface area contributed by atoms with Crippen LogP contribution in [0.25, 0.3) is 0 Å². The maximum absolute atomic E-state index is 12.4. The monoisotopic (exact) mass is 796 g/mol. The molecule has 4 rings (SSSR count). The first-order chi connectivity index (χ1) is 23.6. The van der Waals surface area contributed by atoms with Crippen LogP contribution in [0.1, 0.15) is 73.6 Å². The van der Waals surface area contributed by atoms with Gasteiger partial charge in [0.15, 0.2) is 0 Å². The maximum Gasteiger partial charge on any atom is 0.273 e. The number of rotatable bonds is 20. The Labute approximate surface area is 303 Å². The molecule has 0 saturated carbocycles. The lowest BCUT2D eigenvalue weighted by molar-refractivity contribution is -0.386. The molecule has 2 unspecified atom stereocenters. The molecule has 0 saturated heterocycles. The molecular formula is C38H42Br2N2O7. The minimum absolute atomic E-state index is 0.0366. The van der Waals surface area contributed by atoms with E-state index in [2.05, 4.69) is 31.9 Å². The molecule has 0 aliphatic rings. The lowest BCUT2D eigenvalue weighted by Gasteiger charge is -2.46. The molecule has 11 heteroatoms. The topological polar surface area (TPSA) is 136 Å². The number of unbranched alkanes of at least 4 members (excludes halogenated alkanes) is 4. The lowest BCUT2D eigenvalue weighted by Crippen LogP contribution is -2.44. The normalized spacial score (nSPS) is 13.8. The van der Waals surface area contributed by atoms with Crippen LogP contribution in [-0.4, -0.2) is 33.3 Å². The first-order valence-corrected chi connectivity index (χ1v) is 18.1. The molecular weight excluding hydrogens is 756 g/mol. The predicted octanol–water partition coefficient (Wildman–Crippen LogP) is 9.73. The van der Waals surface area contributed by atoms with Crippen LogP contribution in [0.5, 0.6) is 0 Å². The zero-order valence-corrected chi connectivity index (χ0v) is 30.5. The molecule has 0 spiro atoms. The summed E-state index contributed by atoms with van der Waals surface area (Å²) in [4.78, 5) is 24.0. The van der Waals surface area contributed by atoms with E-state index in [4.69, 9.17) is 4.74 Å². The van der Waals surface area contributed by atoms with Gasteiger partial charge in [-0.1, -0.05) is 130 Å². The average Bonchev–Trinajstić information content (AvgIpc) is 3.10. The summed E-state index contributed by atoms with van der Waals surface area (Å²) >= 11 is 6.79. The van der Waals surface area contributed by atoms with Crippen molar-refractivity contribution in [2.45, 2.75) is 75.4 Å². The summed E-state index contributed by atoms with van der Waals surface area (Å²) in [6.07, 6.45) is 5.20. The van der Waals surface area contributed by atoms with E-state index in [9.17, 15) is 30.4 Å². The quantitative estimate of drug-likeness (QED) is 0.0516. The first-order valence-electron chi connectivity index (χ1n) is 16.5. The highest BCUT2D eigenvalue weighted by atomic mass is 79.9. The van der Waals surface area contributed by atoms with Gasteiger partial charge in [0.05, 0.1) is 21.0 Å². The molecule has 0 aromatic heterocycles. The van der Waals surface area contributed by atoms with E-state index >= 15 is 0 Å². The fourth-order valence-electron chi connectivity index (χ4n) is 6.55. The minimum atomic E-state index is -1.12. The Hall–Kier alpha value is -3.48. The second-order valence-corrected chi connectivity index (χ2v) is 14.1. The van der Waals surface area contributed by atoms with E-state index in [1.54, 1.807) is 24.3 Å². The third-order valence-corrected chi connectivity index (χ3v) is 9.89. The number of nitro benzene ring substituents is 2. The SMILES string of the molecule is O=[N+]([O-])c1cc(Br)ccc1CC(CCCCCO)(OC(CCCCCO)(Cc1ccc(Br)cc1[N+](=O)[O-])c1ccccc1)c1ccccc1. The van der Waals surface area contributed by atoms with Crippen molar-refractivity contribution in [3.63, 3.8) is 0 Å². The van der Waals surface area contributed by atoms with E-state index in [-0.39, 0.29) is 47.3 Å². The standard InChI is InChI=1S/C38H42Br2N2O7/c39-33-19-17-29(35(25-33)41(45)46)27-37(21-9-3-11-23-43,31-13-5-1-6-14-31)49-38(22-10-4-12-24-44,32-15-7-2-8-16-32)28-30-18-20-34(40)26-36(30)42(47)48/h1-2,5-8,13-20,25-26,43-44H,3-4,9-12,21-24,27-28H2. The lowest BCUT2D eigenvalue weighted by atomic mass is 9.77. The van der Waals surface area contributed by atoms with E-state index in [1.165, 1.54) is 12.1 Å². The number of ether oxygens (including phenoxy) is 1. The molecule has 49 heavy (non-hydrogen) atoms. The molecule has 0 amide bonds. The second kappa shape index (κ2) is 18.5. The van der Waals surface area contributed by atoms with Gasteiger partial charge < -0.3 is 14.9 Å². The molecule has 0 aliphatic carbocycles. The van der Waals surface area contributed by atoms with Gasteiger partial charge in [0.1, 0.15) is 0 Å². The zero-order chi connectivity index (χ0) is 35.3. The number of hydrogen-bond acceptors (Lipinski definition) is 7. The number of aliphatic hydroxyl groups is 2. The van der Waals surface area contributed by atoms with Gasteiger partial charge in [0.2, 0.25) is 0 Å². The van der Waals surface area contributed by atoms with Crippen molar-refractivity contribution < 1.29 is 24.8 Å². The van der Waals surface area contributed by atoms with Gasteiger partial charge in [0.25, 0.3) is 11.4 Å². The van der Waals surface area contributed by atoms with Crippen molar-refractivity contribution in [2.24, 2.45) is 0 Å². The Kier molecular flexibility index (Phi) is 14.5. The molecule has 0 radical (unpaired) electrons. The highest BCUT2D eigenvalue weighted by Gasteiger charge is 2.46. The summed E-state index contributed by atoms with van der Waals surface area (Å²) < 4.78 is 8.87. The van der Waals surface area contributed by atoms with Crippen LogP contribution in [0, 0.1) is 20.2 Å². The fraction of sp³-hybridized carbons (Fsp3) is 0.368. The molecule has 0 aliphatic heterocycles. The van der Waals surface area contributed by atoms with Crippen LogP contribution in [0.15, 0.2) is 106 Å². The Morgan fingerprint density at radius 2 is 0.959 bits per heavy atom. The smallest absolute Gasteiger partial charge is 0.273 e. The van der Waals surface area contributed by atoms with E-state index in [0.717, 1.165) is 11.1 Å². The zero-order valence-electron chi connectivity index (χ0n) is 27.3. The molecule has 9 nitrogen and oxygen atoms in total. The molecule has 2 atom stereocenters. The average molecular weight is 799 g/mol. The molecule has 0 heterocycles. The van der Waals surface area contributed by atoms with Crippen molar-refractivity contribution >= 4 is 43.2 Å². The van der Waals surface area contributed by atoms with E-state index in [0.29, 0.717) is 71.4 Å². The van der Waals surface area contributed by atoms with Gasteiger partial charge in [-0.2, -0.15) is 0 Å². The van der Waals surface area contributed by atoms with Crippen LogP contribution < -0.4 is 0 Å². The van der Waals surface area contributed by atoms with Gasteiger partial charge in [-0.15, -0.1) is 0 Å². The summed E-state index contributed by atoms with van der Waals surface area (Å²) in [5.41, 5.74) is 0.343. The van der Waals surface area contributed by atoms with Crippen LogP contribution in [0.4, 0.5) is 11.4 Å². The number of aliphatic hydroxyl groups excluding tert-OH is 2. The van der Waals surface area contributed by atoms with Gasteiger partial charge >= 0.3 is 0 Å². The van der Waals surface area contributed by atoms with Crippen LogP contribution in [0.3, 0.4) is 0 Å². The van der Waals surface area contributed by atoms with Crippen LogP contribution in [-0.2, 0) is 28.8 Å². The Morgan fingerprint density at radius 3 is 1.31 bits per heavy atom. The Morgan fingerprint density at radius 1 is 0.571 bits per heavy atom. The third kappa shape index (κ3) is 10.3. The predicted molar refractivity (Wildman–Crippen MR) is 197 cm³/mol. The molecule has 4 aromatic carbocycles. The number of nitro groups is 2. The molecule has 260 valence electrons. The number of halogens is 2. The van der Waals surface area contributed by atoms with Gasteiger partial charge in [-0.05, 0) is 48.9 Å². The Balaban J connectivity index is 2.01. The largest absolute Gasteiger partial charge is 0.396 e. The molecule has 2 N–H and O–H groups in total. The van der Waals surface area contributed by atoms with Gasteiger partial charge in [-0.3, -0.25) is 20.2 Å². The maximum atomic E-state index is 12.4. The minimum Gasteiger partial charge on any atom is -0.396 e. The van der Waals surface area contributed by atoms with Crippen molar-refractivity contribution in [1.29, 1.82) is 0 Å². The molecule has 0 fully saturated rings. The molecule has 0 bridgehead atoms. The van der Waals surface area contributed by atoms with E-state index in [1.807, 2.05) is 60.7 Å². The van der Waals surface area contributed by atoms with Crippen molar-refractivity contribution in [1.82, 2.24) is 0 Å². The summed E-state index contributed by atoms with van der Waals surface area (Å²) in [7, 11) is 0. The van der Waals surface area contributed by atoms with Gasteiger partial charge in [-0.25, -0.2) is 0 Å². The first kappa shape index (κ1) is 38.3. The summed E-state index contributed by atoms with van der Waals surface area (Å²) in [6, 6.07) is 29.5. The van der Waals surface area contributed by atoms with Crippen LogP contribution in [0.2, 0.25) is 0 Å². The summed E-state index contributed by atoms with van der Waals surface area (Å²) in [6.45, 7) is 0.0901. The third-order valence-electron chi connectivity index (χ3n) is 8.91. The van der Waals surface area contributed by atoms with Crippen molar-refractivity contribution in [2.75, 3.05) is 13.2 Å². The number of benzene rings is 4. The van der Waals surface area contributed by atoms with Crippen molar-refractivity contribution in [3.05, 3.63) is 148 Å². The summed E-state index contributed by atoms with van der Waals surface area (Å²) in [5.74, 6) is 0. The molecule has 4 aromatic rings. The Bertz CT molecular complexity index is 1550. The second-order valence-electron chi connectivity index (χ2n) is 12.3. The summed E-state index contributed by atoms with van der Waals surface area (Å²) in [5, 5.41) is 44.0. The van der Waals surface area contributed by atoms with E-state index < -0.39 is 11.2 Å². The van der Waals surface area contributed by atoms with Crippen molar-refractivity contribution in [3.8, 4) is 0 Å². The highest BCUT2D eigenvalue weighted by molar-refractivity contribution is 9.10.